The molecule has 1 aromatic carbocycles. The molecule has 0 aliphatic carbocycles. The predicted octanol–water partition coefficient (Wildman–Crippen LogP) is 1.85. The van der Waals surface area contributed by atoms with Gasteiger partial charge in [0.2, 0.25) is 5.88 Å². The van der Waals surface area contributed by atoms with Gasteiger partial charge in [-0.15, -0.1) is 0 Å². The highest BCUT2D eigenvalue weighted by Crippen LogP contribution is 2.25. The molecular formula is C15H14N4O2. The zero-order chi connectivity index (χ0) is 15.0. The van der Waals surface area contributed by atoms with Gasteiger partial charge in [0.1, 0.15) is 11.3 Å². The fourth-order valence-corrected chi connectivity index (χ4v) is 2.18. The van der Waals surface area contributed by atoms with E-state index in [1.54, 1.807) is 30.1 Å². The molecule has 6 heteroatoms. The van der Waals surface area contributed by atoms with Crippen molar-refractivity contribution in [3.63, 3.8) is 0 Å². The number of nitrogens with zero attached hydrogens (tertiary/aromatic N) is 3. The SMILES string of the molecule is Cc1cccc(-c2c(O)nc(-c3ccn(C)n3)[nH]c2=O)c1. The number of rotatable bonds is 2. The summed E-state index contributed by atoms with van der Waals surface area (Å²) in [7, 11) is 1.77. The second-order valence-electron chi connectivity index (χ2n) is 4.86. The Labute approximate surface area is 120 Å². The van der Waals surface area contributed by atoms with E-state index in [0.717, 1.165) is 5.56 Å². The quantitative estimate of drug-likeness (QED) is 0.751. The summed E-state index contributed by atoms with van der Waals surface area (Å²) >= 11 is 0. The number of hydrogen-bond acceptors (Lipinski definition) is 4. The summed E-state index contributed by atoms with van der Waals surface area (Å²) in [5.74, 6) is -0.0560. The van der Waals surface area contributed by atoms with Crippen molar-refractivity contribution < 1.29 is 5.11 Å². The molecule has 0 spiro atoms. The summed E-state index contributed by atoms with van der Waals surface area (Å²) in [5, 5.41) is 14.3. The molecule has 0 amide bonds. The molecule has 3 rings (SSSR count). The molecule has 0 bridgehead atoms. The number of hydrogen-bond donors (Lipinski definition) is 2. The number of aromatic hydroxyl groups is 1. The smallest absolute Gasteiger partial charge is 0.262 e. The van der Waals surface area contributed by atoms with Gasteiger partial charge < -0.3 is 10.1 Å². The van der Waals surface area contributed by atoms with E-state index in [1.807, 2.05) is 25.1 Å². The maximum Gasteiger partial charge on any atom is 0.262 e. The molecule has 0 atom stereocenters. The average Bonchev–Trinajstić information content (AvgIpc) is 2.85. The Hall–Kier alpha value is -2.89. The highest BCUT2D eigenvalue weighted by molar-refractivity contribution is 5.69. The Bertz CT molecular complexity index is 864. The lowest BCUT2D eigenvalue weighted by Gasteiger charge is -2.05. The zero-order valence-electron chi connectivity index (χ0n) is 11.7. The summed E-state index contributed by atoms with van der Waals surface area (Å²) in [5.41, 5.74) is 1.90. The Kier molecular flexibility index (Phi) is 3.06. The van der Waals surface area contributed by atoms with Crippen LogP contribution in [0.15, 0.2) is 41.3 Å². The zero-order valence-corrected chi connectivity index (χ0v) is 11.7. The average molecular weight is 282 g/mol. The van der Waals surface area contributed by atoms with E-state index in [2.05, 4.69) is 15.1 Å². The molecule has 0 aliphatic heterocycles. The fourth-order valence-electron chi connectivity index (χ4n) is 2.18. The Morgan fingerprint density at radius 2 is 2.10 bits per heavy atom. The van der Waals surface area contributed by atoms with Gasteiger partial charge in [0, 0.05) is 13.2 Å². The van der Waals surface area contributed by atoms with Crippen molar-refractivity contribution in [1.82, 2.24) is 19.7 Å². The molecule has 0 fully saturated rings. The van der Waals surface area contributed by atoms with Crippen LogP contribution >= 0.6 is 0 Å². The summed E-state index contributed by atoms with van der Waals surface area (Å²) in [4.78, 5) is 19.0. The van der Waals surface area contributed by atoms with Crippen molar-refractivity contribution in [2.75, 3.05) is 0 Å². The molecule has 0 aliphatic rings. The van der Waals surface area contributed by atoms with Crippen molar-refractivity contribution in [2.24, 2.45) is 7.05 Å². The Morgan fingerprint density at radius 3 is 2.71 bits per heavy atom. The summed E-state index contributed by atoms with van der Waals surface area (Å²) < 4.78 is 1.60. The number of aryl methyl sites for hydroxylation is 2. The first-order valence-electron chi connectivity index (χ1n) is 6.45. The van der Waals surface area contributed by atoms with Crippen LogP contribution in [0.25, 0.3) is 22.6 Å². The number of benzene rings is 1. The largest absolute Gasteiger partial charge is 0.493 e. The van der Waals surface area contributed by atoms with E-state index in [9.17, 15) is 9.90 Å². The lowest BCUT2D eigenvalue weighted by atomic mass is 10.1. The van der Waals surface area contributed by atoms with Crippen molar-refractivity contribution in [3.05, 3.63) is 52.4 Å². The molecule has 3 aromatic rings. The molecule has 0 saturated carbocycles. The Morgan fingerprint density at radius 1 is 1.29 bits per heavy atom. The van der Waals surface area contributed by atoms with Gasteiger partial charge in [0.25, 0.3) is 5.56 Å². The van der Waals surface area contributed by atoms with Crippen LogP contribution in [0.2, 0.25) is 0 Å². The van der Waals surface area contributed by atoms with Crippen LogP contribution in [0.5, 0.6) is 5.88 Å². The van der Waals surface area contributed by atoms with E-state index in [0.29, 0.717) is 11.3 Å². The van der Waals surface area contributed by atoms with Crippen molar-refractivity contribution >= 4 is 0 Å². The molecule has 2 heterocycles. The third-order valence-electron chi connectivity index (χ3n) is 3.16. The summed E-state index contributed by atoms with van der Waals surface area (Å²) in [6.45, 7) is 1.92. The minimum absolute atomic E-state index is 0.165. The van der Waals surface area contributed by atoms with Crippen LogP contribution in [0.1, 0.15) is 5.56 Å². The third kappa shape index (κ3) is 2.43. The lowest BCUT2D eigenvalue weighted by Crippen LogP contribution is -2.12. The van der Waals surface area contributed by atoms with Gasteiger partial charge in [-0.25, -0.2) is 0 Å². The maximum atomic E-state index is 12.3. The predicted molar refractivity (Wildman–Crippen MR) is 78.9 cm³/mol. The van der Waals surface area contributed by atoms with Crippen molar-refractivity contribution in [1.29, 1.82) is 0 Å². The molecule has 21 heavy (non-hydrogen) atoms. The summed E-state index contributed by atoms with van der Waals surface area (Å²) in [6.07, 6.45) is 1.74. The van der Waals surface area contributed by atoms with Crippen LogP contribution in [-0.2, 0) is 7.05 Å². The van der Waals surface area contributed by atoms with Gasteiger partial charge in [-0.3, -0.25) is 9.48 Å². The molecule has 0 saturated heterocycles. The normalized spacial score (nSPS) is 10.8. The van der Waals surface area contributed by atoms with E-state index in [4.69, 9.17) is 0 Å². The minimum Gasteiger partial charge on any atom is -0.493 e. The number of aromatic nitrogens is 4. The van der Waals surface area contributed by atoms with Crippen LogP contribution in [0.3, 0.4) is 0 Å². The molecule has 106 valence electrons. The Balaban J connectivity index is 2.15. The first kappa shape index (κ1) is 13.1. The molecule has 0 radical (unpaired) electrons. The highest BCUT2D eigenvalue weighted by atomic mass is 16.3. The minimum atomic E-state index is -0.395. The number of H-pyrrole nitrogens is 1. The van der Waals surface area contributed by atoms with Crippen LogP contribution in [-0.4, -0.2) is 24.9 Å². The second-order valence-corrected chi connectivity index (χ2v) is 4.86. The van der Waals surface area contributed by atoms with Gasteiger partial charge >= 0.3 is 0 Å². The number of aromatic amines is 1. The monoisotopic (exact) mass is 282 g/mol. The third-order valence-corrected chi connectivity index (χ3v) is 3.16. The van der Waals surface area contributed by atoms with Gasteiger partial charge in [-0.2, -0.15) is 10.1 Å². The summed E-state index contributed by atoms with van der Waals surface area (Å²) in [6, 6.07) is 9.05. The second kappa shape index (κ2) is 4.90. The van der Waals surface area contributed by atoms with Gasteiger partial charge in [0.05, 0.1) is 0 Å². The van der Waals surface area contributed by atoms with E-state index >= 15 is 0 Å². The molecule has 0 unspecified atom stereocenters. The molecule has 6 nitrogen and oxygen atoms in total. The van der Waals surface area contributed by atoms with E-state index in [-0.39, 0.29) is 17.3 Å². The standard InChI is InChI=1S/C15H14N4O2/c1-9-4-3-5-10(8-9)12-14(20)16-13(17-15(12)21)11-6-7-19(2)18-11/h3-8H,1-2H3,(H2,16,17,20,21). The molecule has 2 aromatic heterocycles. The van der Waals surface area contributed by atoms with Crippen LogP contribution in [0.4, 0.5) is 0 Å². The van der Waals surface area contributed by atoms with Crippen molar-refractivity contribution in [3.8, 4) is 28.5 Å². The topological polar surface area (TPSA) is 83.8 Å². The van der Waals surface area contributed by atoms with Gasteiger partial charge in [0.15, 0.2) is 5.82 Å². The highest BCUT2D eigenvalue weighted by Gasteiger charge is 2.15. The van der Waals surface area contributed by atoms with Gasteiger partial charge in [-0.05, 0) is 18.6 Å². The first-order chi connectivity index (χ1) is 10.0. The van der Waals surface area contributed by atoms with Crippen molar-refractivity contribution in [2.45, 2.75) is 6.92 Å². The number of nitrogens with one attached hydrogen (secondary N) is 1. The van der Waals surface area contributed by atoms with E-state index in [1.165, 1.54) is 0 Å². The maximum absolute atomic E-state index is 12.3. The van der Waals surface area contributed by atoms with Crippen LogP contribution in [0, 0.1) is 6.92 Å². The molecule has 2 N–H and O–H groups in total. The fraction of sp³-hybridized carbons (Fsp3) is 0.133. The van der Waals surface area contributed by atoms with E-state index < -0.39 is 5.56 Å². The lowest BCUT2D eigenvalue weighted by molar-refractivity contribution is 0.454. The molecular weight excluding hydrogens is 268 g/mol. The first-order valence-corrected chi connectivity index (χ1v) is 6.45. The van der Waals surface area contributed by atoms with Gasteiger partial charge in [-0.1, -0.05) is 29.8 Å². The van der Waals surface area contributed by atoms with Crippen LogP contribution < -0.4 is 5.56 Å².